The van der Waals surface area contributed by atoms with Gasteiger partial charge in [0, 0.05) is 0 Å². The SMILES string of the molecule is O=C(N/C(=C/c1ccsc1)C(=O)O)OCc1ccccc1. The van der Waals surface area contributed by atoms with Gasteiger partial charge in [-0.1, -0.05) is 30.3 Å². The number of ether oxygens (including phenoxy) is 1. The fourth-order valence-corrected chi connectivity index (χ4v) is 2.16. The topological polar surface area (TPSA) is 75.6 Å². The van der Waals surface area contributed by atoms with Crippen LogP contribution in [0.15, 0.2) is 52.9 Å². The second-order valence-corrected chi connectivity index (χ2v) is 4.89. The highest BCUT2D eigenvalue weighted by Gasteiger charge is 2.12. The number of hydrogen-bond donors (Lipinski definition) is 2. The van der Waals surface area contributed by atoms with Crippen LogP contribution in [0.25, 0.3) is 6.08 Å². The third-order valence-corrected chi connectivity index (χ3v) is 3.24. The number of carboxylic acid groups (broad SMARTS) is 1. The molecule has 21 heavy (non-hydrogen) atoms. The van der Waals surface area contributed by atoms with E-state index in [1.807, 2.05) is 35.7 Å². The molecule has 2 N–H and O–H groups in total. The molecule has 0 saturated carbocycles. The molecule has 0 atom stereocenters. The molecule has 0 aliphatic carbocycles. The number of carbonyl (C=O) groups is 2. The van der Waals surface area contributed by atoms with E-state index in [0.29, 0.717) is 5.56 Å². The molecule has 0 bridgehead atoms. The second kappa shape index (κ2) is 7.25. The van der Waals surface area contributed by atoms with Crippen molar-refractivity contribution in [2.24, 2.45) is 0 Å². The minimum absolute atomic E-state index is 0.0814. The Morgan fingerprint density at radius 3 is 2.62 bits per heavy atom. The molecule has 0 spiro atoms. The van der Waals surface area contributed by atoms with Crippen LogP contribution in [0.2, 0.25) is 0 Å². The van der Waals surface area contributed by atoms with E-state index in [9.17, 15) is 9.59 Å². The quantitative estimate of drug-likeness (QED) is 0.832. The van der Waals surface area contributed by atoms with Crippen molar-refractivity contribution in [3.8, 4) is 0 Å². The first kappa shape index (κ1) is 14.8. The summed E-state index contributed by atoms with van der Waals surface area (Å²) in [6.07, 6.45) is 0.575. The molecule has 2 aromatic rings. The van der Waals surface area contributed by atoms with Crippen molar-refractivity contribution < 1.29 is 19.4 Å². The molecule has 1 aromatic carbocycles. The van der Waals surface area contributed by atoms with Crippen LogP contribution in [0, 0.1) is 0 Å². The molecule has 0 aliphatic heterocycles. The van der Waals surface area contributed by atoms with Crippen LogP contribution in [0.4, 0.5) is 4.79 Å². The Morgan fingerprint density at radius 1 is 1.24 bits per heavy atom. The molecule has 5 nitrogen and oxygen atoms in total. The van der Waals surface area contributed by atoms with E-state index in [-0.39, 0.29) is 12.3 Å². The second-order valence-electron chi connectivity index (χ2n) is 4.11. The van der Waals surface area contributed by atoms with E-state index < -0.39 is 12.1 Å². The van der Waals surface area contributed by atoms with E-state index in [2.05, 4.69) is 5.32 Å². The number of nitrogens with one attached hydrogen (secondary N) is 1. The summed E-state index contributed by atoms with van der Waals surface area (Å²) in [4.78, 5) is 22.7. The Bertz CT molecular complexity index is 635. The monoisotopic (exact) mass is 303 g/mol. The lowest BCUT2D eigenvalue weighted by molar-refractivity contribution is -0.132. The molecule has 108 valence electrons. The summed E-state index contributed by atoms with van der Waals surface area (Å²) in [6.45, 7) is 0.0814. The number of amides is 1. The highest BCUT2D eigenvalue weighted by atomic mass is 32.1. The standard InChI is InChI=1S/C15H13NO4S/c17-14(18)13(8-12-6-7-21-10-12)16-15(19)20-9-11-4-2-1-3-5-11/h1-8,10H,9H2,(H,16,19)(H,17,18)/b13-8+. The van der Waals surface area contributed by atoms with E-state index in [1.165, 1.54) is 17.4 Å². The van der Waals surface area contributed by atoms with Gasteiger partial charge in [0.15, 0.2) is 0 Å². The number of rotatable bonds is 5. The van der Waals surface area contributed by atoms with Crippen molar-refractivity contribution in [3.63, 3.8) is 0 Å². The fourth-order valence-electron chi connectivity index (χ4n) is 1.54. The van der Waals surface area contributed by atoms with E-state index >= 15 is 0 Å². The highest BCUT2D eigenvalue weighted by Crippen LogP contribution is 2.10. The van der Waals surface area contributed by atoms with Gasteiger partial charge in [0.1, 0.15) is 12.3 Å². The van der Waals surface area contributed by atoms with Gasteiger partial charge in [-0.2, -0.15) is 11.3 Å². The maximum atomic E-state index is 11.6. The van der Waals surface area contributed by atoms with Crippen molar-refractivity contribution in [2.45, 2.75) is 6.61 Å². The Kier molecular flexibility index (Phi) is 5.11. The number of hydrogen-bond acceptors (Lipinski definition) is 4. The highest BCUT2D eigenvalue weighted by molar-refractivity contribution is 7.08. The normalized spacial score (nSPS) is 11.0. The van der Waals surface area contributed by atoms with Crippen LogP contribution < -0.4 is 5.32 Å². The van der Waals surface area contributed by atoms with Gasteiger partial charge in [0.2, 0.25) is 0 Å². The summed E-state index contributed by atoms with van der Waals surface area (Å²) in [5, 5.41) is 14.9. The van der Waals surface area contributed by atoms with Gasteiger partial charge >= 0.3 is 12.1 Å². The van der Waals surface area contributed by atoms with Gasteiger partial charge in [-0.05, 0) is 34.0 Å². The van der Waals surface area contributed by atoms with E-state index in [0.717, 1.165) is 5.56 Å². The van der Waals surface area contributed by atoms with Crippen LogP contribution in [0.5, 0.6) is 0 Å². The number of aliphatic carboxylic acids is 1. The zero-order valence-corrected chi connectivity index (χ0v) is 11.8. The maximum absolute atomic E-state index is 11.6. The van der Waals surface area contributed by atoms with Gasteiger partial charge in [-0.3, -0.25) is 5.32 Å². The van der Waals surface area contributed by atoms with E-state index in [1.54, 1.807) is 11.4 Å². The molecular formula is C15H13NO4S. The summed E-state index contributed by atoms with van der Waals surface area (Å²) in [5.74, 6) is -1.22. The average molecular weight is 303 g/mol. The molecular weight excluding hydrogens is 290 g/mol. The molecule has 1 aromatic heterocycles. The molecule has 1 amide bonds. The van der Waals surface area contributed by atoms with Crippen molar-refractivity contribution in [1.29, 1.82) is 0 Å². The Balaban J connectivity index is 1.94. The van der Waals surface area contributed by atoms with Crippen LogP contribution in [-0.2, 0) is 16.1 Å². The zero-order chi connectivity index (χ0) is 15.1. The Labute approximate surface area is 125 Å². The molecule has 0 aliphatic rings. The van der Waals surface area contributed by atoms with E-state index in [4.69, 9.17) is 9.84 Å². The van der Waals surface area contributed by atoms with Gasteiger partial charge in [-0.25, -0.2) is 9.59 Å². The molecule has 1 heterocycles. The summed E-state index contributed by atoms with van der Waals surface area (Å²) in [7, 11) is 0. The van der Waals surface area contributed by atoms with Crippen molar-refractivity contribution >= 4 is 29.5 Å². The smallest absolute Gasteiger partial charge is 0.412 e. The molecule has 6 heteroatoms. The fraction of sp³-hybridized carbons (Fsp3) is 0.0667. The minimum Gasteiger partial charge on any atom is -0.477 e. The molecule has 0 unspecified atom stereocenters. The summed E-state index contributed by atoms with van der Waals surface area (Å²) >= 11 is 1.44. The van der Waals surface area contributed by atoms with Crippen LogP contribution >= 0.6 is 11.3 Å². The average Bonchev–Trinajstić information content (AvgIpc) is 2.98. The lowest BCUT2D eigenvalue weighted by Crippen LogP contribution is -2.27. The third kappa shape index (κ3) is 4.77. The molecule has 0 saturated heterocycles. The Hall–Kier alpha value is -2.60. The minimum atomic E-state index is -1.22. The summed E-state index contributed by atoms with van der Waals surface area (Å²) in [6, 6.07) is 10.9. The first-order chi connectivity index (χ1) is 10.1. The molecule has 0 radical (unpaired) electrons. The van der Waals surface area contributed by atoms with Crippen molar-refractivity contribution in [1.82, 2.24) is 5.32 Å². The van der Waals surface area contributed by atoms with Crippen molar-refractivity contribution in [2.75, 3.05) is 0 Å². The van der Waals surface area contributed by atoms with Crippen molar-refractivity contribution in [3.05, 3.63) is 64.0 Å². The van der Waals surface area contributed by atoms with Gasteiger partial charge in [-0.15, -0.1) is 0 Å². The number of carboxylic acids is 1. The van der Waals surface area contributed by atoms with Crippen LogP contribution in [0.3, 0.4) is 0 Å². The van der Waals surface area contributed by atoms with Crippen LogP contribution in [0.1, 0.15) is 11.1 Å². The summed E-state index contributed by atoms with van der Waals surface area (Å²) in [5.41, 5.74) is 1.30. The van der Waals surface area contributed by atoms with Gasteiger partial charge in [0.05, 0.1) is 0 Å². The summed E-state index contributed by atoms with van der Waals surface area (Å²) < 4.78 is 4.98. The predicted octanol–water partition coefficient (Wildman–Crippen LogP) is 3.10. The van der Waals surface area contributed by atoms with Gasteiger partial charge < -0.3 is 9.84 Å². The lowest BCUT2D eigenvalue weighted by atomic mass is 10.2. The molecule has 0 fully saturated rings. The largest absolute Gasteiger partial charge is 0.477 e. The Morgan fingerprint density at radius 2 is 2.00 bits per heavy atom. The number of benzene rings is 1. The third-order valence-electron chi connectivity index (χ3n) is 2.53. The first-order valence-corrected chi connectivity index (χ1v) is 7.04. The first-order valence-electron chi connectivity index (χ1n) is 6.10. The number of alkyl carbamates (subject to hydrolysis) is 1. The molecule has 2 rings (SSSR count). The number of thiophene rings is 1. The zero-order valence-electron chi connectivity index (χ0n) is 11.0. The lowest BCUT2D eigenvalue weighted by Gasteiger charge is -2.07. The number of carbonyl (C=O) groups excluding carboxylic acids is 1. The maximum Gasteiger partial charge on any atom is 0.412 e. The van der Waals surface area contributed by atoms with Gasteiger partial charge in [0.25, 0.3) is 0 Å². The predicted molar refractivity (Wildman–Crippen MR) is 79.7 cm³/mol. The van der Waals surface area contributed by atoms with Crippen LogP contribution in [-0.4, -0.2) is 17.2 Å².